The zero-order chi connectivity index (χ0) is 12.4. The molecule has 1 aromatic heterocycles. The Kier molecular flexibility index (Phi) is 2.97. The summed E-state index contributed by atoms with van der Waals surface area (Å²) >= 11 is 0. The summed E-state index contributed by atoms with van der Waals surface area (Å²) in [6.45, 7) is 0. The lowest BCUT2D eigenvalue weighted by molar-refractivity contribution is 0.658. The van der Waals surface area contributed by atoms with Crippen LogP contribution in [-0.2, 0) is 19.3 Å². The van der Waals surface area contributed by atoms with Gasteiger partial charge in [0.15, 0.2) is 0 Å². The van der Waals surface area contributed by atoms with Crippen LogP contribution in [0.3, 0.4) is 0 Å². The fourth-order valence-corrected chi connectivity index (χ4v) is 2.53. The molecule has 0 saturated carbocycles. The second-order valence-electron chi connectivity index (χ2n) is 4.82. The molecule has 0 fully saturated rings. The Labute approximate surface area is 107 Å². The maximum atomic E-state index is 6.04. The summed E-state index contributed by atoms with van der Waals surface area (Å²) in [5, 5.41) is 0. The summed E-state index contributed by atoms with van der Waals surface area (Å²) in [5.74, 6) is 1.53. The minimum atomic E-state index is 0.686. The van der Waals surface area contributed by atoms with E-state index in [1.54, 1.807) is 0 Å². The van der Waals surface area contributed by atoms with Gasteiger partial charge in [0.1, 0.15) is 11.6 Å². The van der Waals surface area contributed by atoms with Gasteiger partial charge in [0.25, 0.3) is 0 Å². The Morgan fingerprint density at radius 1 is 1.00 bits per heavy atom. The number of nitrogens with two attached hydrogens (primary N) is 1. The van der Waals surface area contributed by atoms with Crippen molar-refractivity contribution in [3.8, 4) is 0 Å². The van der Waals surface area contributed by atoms with Crippen molar-refractivity contribution >= 4 is 5.82 Å². The van der Waals surface area contributed by atoms with E-state index in [9.17, 15) is 0 Å². The molecule has 0 spiro atoms. The Balaban J connectivity index is 1.91. The molecule has 1 heterocycles. The van der Waals surface area contributed by atoms with Gasteiger partial charge in [0, 0.05) is 17.7 Å². The van der Waals surface area contributed by atoms with Crippen LogP contribution < -0.4 is 5.73 Å². The number of nitrogens with zero attached hydrogens (tertiary/aromatic N) is 2. The number of fused-ring (bicyclic) bond motifs is 1. The summed E-state index contributed by atoms with van der Waals surface area (Å²) in [7, 11) is 0. The van der Waals surface area contributed by atoms with Crippen LogP contribution in [0.1, 0.15) is 35.5 Å². The summed E-state index contributed by atoms with van der Waals surface area (Å²) in [4.78, 5) is 9.13. The van der Waals surface area contributed by atoms with E-state index in [0.29, 0.717) is 5.82 Å². The lowest BCUT2D eigenvalue weighted by Crippen LogP contribution is -2.13. The maximum Gasteiger partial charge on any atom is 0.135 e. The molecule has 1 aromatic carbocycles. The minimum Gasteiger partial charge on any atom is -0.383 e. The molecule has 0 unspecified atom stereocenters. The molecule has 3 heteroatoms. The number of aryl methyl sites for hydroxylation is 1. The zero-order valence-electron chi connectivity index (χ0n) is 10.4. The molecule has 2 aromatic rings. The zero-order valence-corrected chi connectivity index (χ0v) is 10.4. The Hall–Kier alpha value is -1.90. The standard InChI is InChI=1S/C15H17N3/c16-15-12-8-4-5-9-13(12)17-14(18-15)10-11-6-2-1-3-7-11/h1-3,6-7H,4-5,8-10H2,(H2,16,17,18). The highest BCUT2D eigenvalue weighted by Gasteiger charge is 2.16. The van der Waals surface area contributed by atoms with Gasteiger partial charge in [-0.25, -0.2) is 9.97 Å². The van der Waals surface area contributed by atoms with Gasteiger partial charge in [0.05, 0.1) is 0 Å². The Morgan fingerprint density at radius 3 is 2.61 bits per heavy atom. The second kappa shape index (κ2) is 4.77. The van der Waals surface area contributed by atoms with Crippen molar-refractivity contribution in [1.29, 1.82) is 0 Å². The monoisotopic (exact) mass is 239 g/mol. The van der Waals surface area contributed by atoms with E-state index in [0.717, 1.165) is 25.1 Å². The van der Waals surface area contributed by atoms with Gasteiger partial charge in [-0.2, -0.15) is 0 Å². The summed E-state index contributed by atoms with van der Waals surface area (Å²) in [5.41, 5.74) is 9.62. The maximum absolute atomic E-state index is 6.04. The van der Waals surface area contributed by atoms with E-state index in [4.69, 9.17) is 5.73 Å². The molecule has 0 saturated heterocycles. The lowest BCUT2D eigenvalue weighted by atomic mass is 9.96. The fourth-order valence-electron chi connectivity index (χ4n) is 2.53. The molecular formula is C15H17N3. The third-order valence-electron chi connectivity index (χ3n) is 3.47. The second-order valence-corrected chi connectivity index (χ2v) is 4.82. The van der Waals surface area contributed by atoms with Crippen LogP contribution in [0.2, 0.25) is 0 Å². The SMILES string of the molecule is Nc1nc(Cc2ccccc2)nc2c1CCCC2. The number of rotatable bonds is 2. The number of anilines is 1. The van der Waals surface area contributed by atoms with Gasteiger partial charge in [-0.05, 0) is 31.2 Å². The molecule has 0 radical (unpaired) electrons. The van der Waals surface area contributed by atoms with Crippen molar-refractivity contribution < 1.29 is 0 Å². The van der Waals surface area contributed by atoms with Gasteiger partial charge < -0.3 is 5.73 Å². The molecule has 3 rings (SSSR count). The number of hydrogen-bond donors (Lipinski definition) is 1. The van der Waals surface area contributed by atoms with E-state index in [2.05, 4.69) is 22.1 Å². The molecule has 0 amide bonds. The summed E-state index contributed by atoms with van der Waals surface area (Å²) in [6, 6.07) is 10.3. The Bertz CT molecular complexity index is 549. The molecule has 3 nitrogen and oxygen atoms in total. The lowest BCUT2D eigenvalue weighted by Gasteiger charge is -2.17. The van der Waals surface area contributed by atoms with E-state index in [1.807, 2.05) is 18.2 Å². The number of hydrogen-bond acceptors (Lipinski definition) is 3. The van der Waals surface area contributed by atoms with Crippen LogP contribution in [0, 0.1) is 0 Å². The molecule has 1 aliphatic carbocycles. The first-order chi connectivity index (χ1) is 8.83. The smallest absolute Gasteiger partial charge is 0.135 e. The molecule has 0 aliphatic heterocycles. The molecule has 2 N–H and O–H groups in total. The highest BCUT2D eigenvalue weighted by Crippen LogP contribution is 2.24. The van der Waals surface area contributed by atoms with Crippen LogP contribution >= 0.6 is 0 Å². The van der Waals surface area contributed by atoms with Crippen molar-refractivity contribution in [2.75, 3.05) is 5.73 Å². The molecule has 18 heavy (non-hydrogen) atoms. The third-order valence-corrected chi connectivity index (χ3v) is 3.47. The first-order valence-corrected chi connectivity index (χ1v) is 6.51. The molecule has 92 valence electrons. The molecular weight excluding hydrogens is 222 g/mol. The van der Waals surface area contributed by atoms with Gasteiger partial charge >= 0.3 is 0 Å². The van der Waals surface area contributed by atoms with Crippen molar-refractivity contribution in [3.05, 3.63) is 53.0 Å². The molecule has 1 aliphatic rings. The minimum absolute atomic E-state index is 0.686. The van der Waals surface area contributed by atoms with Crippen molar-refractivity contribution in [3.63, 3.8) is 0 Å². The highest BCUT2D eigenvalue weighted by atomic mass is 15.0. The van der Waals surface area contributed by atoms with Crippen molar-refractivity contribution in [2.45, 2.75) is 32.1 Å². The van der Waals surface area contributed by atoms with E-state index < -0.39 is 0 Å². The first-order valence-electron chi connectivity index (χ1n) is 6.51. The molecule has 0 bridgehead atoms. The van der Waals surface area contributed by atoms with E-state index in [-0.39, 0.29) is 0 Å². The van der Waals surface area contributed by atoms with Gasteiger partial charge in [-0.3, -0.25) is 0 Å². The van der Waals surface area contributed by atoms with Crippen LogP contribution in [0.15, 0.2) is 30.3 Å². The van der Waals surface area contributed by atoms with E-state index >= 15 is 0 Å². The van der Waals surface area contributed by atoms with Crippen molar-refractivity contribution in [1.82, 2.24) is 9.97 Å². The normalized spacial score (nSPS) is 14.2. The molecule has 0 atom stereocenters. The Morgan fingerprint density at radius 2 is 1.78 bits per heavy atom. The van der Waals surface area contributed by atoms with Gasteiger partial charge in [0.2, 0.25) is 0 Å². The average molecular weight is 239 g/mol. The van der Waals surface area contributed by atoms with Crippen LogP contribution in [0.4, 0.5) is 5.82 Å². The summed E-state index contributed by atoms with van der Waals surface area (Å²) < 4.78 is 0. The topological polar surface area (TPSA) is 51.8 Å². The van der Waals surface area contributed by atoms with Crippen LogP contribution in [0.25, 0.3) is 0 Å². The average Bonchev–Trinajstić information content (AvgIpc) is 2.40. The number of aromatic nitrogens is 2. The van der Waals surface area contributed by atoms with Crippen LogP contribution in [0.5, 0.6) is 0 Å². The van der Waals surface area contributed by atoms with Crippen LogP contribution in [-0.4, -0.2) is 9.97 Å². The third kappa shape index (κ3) is 2.21. The predicted molar refractivity (Wildman–Crippen MR) is 72.3 cm³/mol. The first kappa shape index (κ1) is 11.2. The number of nitrogen functional groups attached to an aromatic ring is 1. The quantitative estimate of drug-likeness (QED) is 0.876. The predicted octanol–water partition coefficient (Wildman–Crippen LogP) is 2.53. The van der Waals surface area contributed by atoms with Crippen molar-refractivity contribution in [2.24, 2.45) is 0 Å². The highest BCUT2D eigenvalue weighted by molar-refractivity contribution is 5.44. The van der Waals surface area contributed by atoms with Gasteiger partial charge in [-0.1, -0.05) is 30.3 Å². The largest absolute Gasteiger partial charge is 0.383 e. The number of benzene rings is 1. The summed E-state index contributed by atoms with van der Waals surface area (Å²) in [6.07, 6.45) is 5.27. The van der Waals surface area contributed by atoms with Gasteiger partial charge in [-0.15, -0.1) is 0 Å². The van der Waals surface area contributed by atoms with E-state index in [1.165, 1.54) is 29.7 Å². The fraction of sp³-hybridized carbons (Fsp3) is 0.333.